The fourth-order valence-corrected chi connectivity index (χ4v) is 1.09. The van der Waals surface area contributed by atoms with Gasteiger partial charge in [-0.1, -0.05) is 22.0 Å². The summed E-state index contributed by atoms with van der Waals surface area (Å²) in [6.07, 6.45) is -0.667. The van der Waals surface area contributed by atoms with Crippen molar-refractivity contribution >= 4 is 15.9 Å². The van der Waals surface area contributed by atoms with E-state index in [0.29, 0.717) is 0 Å². The molecule has 0 aromatic carbocycles. The van der Waals surface area contributed by atoms with Crippen LogP contribution >= 0.6 is 15.9 Å². The molecule has 0 fully saturated rings. The first-order valence-corrected chi connectivity index (χ1v) is 4.16. The number of halogens is 4. The van der Waals surface area contributed by atoms with Crippen molar-refractivity contribution in [1.29, 1.82) is 0 Å². The van der Waals surface area contributed by atoms with Gasteiger partial charge in [0, 0.05) is 13.2 Å². The number of rotatable bonds is 0. The molecule has 0 saturated carbocycles. The summed E-state index contributed by atoms with van der Waals surface area (Å²) in [5.74, 6) is 0. The van der Waals surface area contributed by atoms with Crippen molar-refractivity contribution in [2.75, 3.05) is 7.05 Å². The summed E-state index contributed by atoms with van der Waals surface area (Å²) < 4.78 is 36.2. The number of allylic oxidation sites excluding steroid dienone is 2. The van der Waals surface area contributed by atoms with E-state index < -0.39 is 11.7 Å². The van der Waals surface area contributed by atoms with Crippen molar-refractivity contribution in [2.45, 2.75) is 11.1 Å². The van der Waals surface area contributed by atoms with Crippen LogP contribution in [-0.2, 0) is 0 Å². The zero-order valence-electron chi connectivity index (χ0n) is 6.27. The van der Waals surface area contributed by atoms with Gasteiger partial charge in [-0.05, 0) is 6.08 Å². The summed E-state index contributed by atoms with van der Waals surface area (Å²) in [5, 5.41) is 0. The molecule has 0 aliphatic carbocycles. The summed E-state index contributed by atoms with van der Waals surface area (Å²) in [4.78, 5) is 1.30. The maximum Gasteiger partial charge on any atom is 0.417 e. The van der Waals surface area contributed by atoms with Crippen molar-refractivity contribution in [3.05, 3.63) is 23.9 Å². The lowest BCUT2D eigenvalue weighted by atomic mass is 10.2. The SMILES string of the molecule is CN1C=C(C(F)(F)F)C=CC1Br. The van der Waals surface area contributed by atoms with E-state index >= 15 is 0 Å². The van der Waals surface area contributed by atoms with Crippen LogP contribution in [0.1, 0.15) is 0 Å². The zero-order chi connectivity index (χ0) is 9.35. The molecule has 12 heavy (non-hydrogen) atoms. The van der Waals surface area contributed by atoms with E-state index in [4.69, 9.17) is 0 Å². The first-order chi connectivity index (χ1) is 5.41. The topological polar surface area (TPSA) is 3.24 Å². The van der Waals surface area contributed by atoms with Crippen molar-refractivity contribution in [2.24, 2.45) is 0 Å². The Hall–Kier alpha value is -0.450. The van der Waals surface area contributed by atoms with Gasteiger partial charge in [-0.25, -0.2) is 0 Å². The van der Waals surface area contributed by atoms with Crippen LogP contribution in [0, 0.1) is 0 Å². The normalized spacial score (nSPS) is 24.2. The van der Waals surface area contributed by atoms with Crippen LogP contribution < -0.4 is 0 Å². The van der Waals surface area contributed by atoms with Gasteiger partial charge in [-0.2, -0.15) is 13.2 Å². The maximum absolute atomic E-state index is 12.1. The predicted molar refractivity (Wildman–Crippen MR) is 43.8 cm³/mol. The summed E-state index contributed by atoms with van der Waals surface area (Å²) in [7, 11) is 1.58. The van der Waals surface area contributed by atoms with Gasteiger partial charge in [-0.15, -0.1) is 0 Å². The molecule has 0 radical (unpaired) electrons. The lowest BCUT2D eigenvalue weighted by Crippen LogP contribution is -2.25. The standard InChI is InChI=1S/C7H7BrF3N/c1-12-4-5(7(9,10)11)2-3-6(12)8/h2-4,6H,1H3. The minimum atomic E-state index is -4.25. The fourth-order valence-electron chi connectivity index (χ4n) is 0.820. The fraction of sp³-hybridized carbons (Fsp3) is 0.429. The summed E-state index contributed by atoms with van der Waals surface area (Å²) in [6, 6.07) is 0. The van der Waals surface area contributed by atoms with Crippen LogP contribution in [0.5, 0.6) is 0 Å². The highest BCUT2D eigenvalue weighted by Crippen LogP contribution is 2.30. The van der Waals surface area contributed by atoms with E-state index in [9.17, 15) is 13.2 Å². The average Bonchev–Trinajstić information content (AvgIpc) is 1.92. The molecule has 1 aliphatic rings. The van der Waals surface area contributed by atoms with Gasteiger partial charge in [-0.3, -0.25) is 0 Å². The molecule has 0 N–H and O–H groups in total. The van der Waals surface area contributed by atoms with Gasteiger partial charge in [0.1, 0.15) is 4.95 Å². The van der Waals surface area contributed by atoms with Gasteiger partial charge in [0.05, 0.1) is 5.57 Å². The number of hydrogen-bond donors (Lipinski definition) is 0. The van der Waals surface area contributed by atoms with E-state index in [1.807, 2.05) is 0 Å². The molecule has 68 valence electrons. The van der Waals surface area contributed by atoms with Crippen molar-refractivity contribution in [1.82, 2.24) is 4.90 Å². The van der Waals surface area contributed by atoms with Gasteiger partial charge < -0.3 is 4.90 Å². The maximum atomic E-state index is 12.1. The Labute approximate surface area is 76.7 Å². The highest BCUT2D eigenvalue weighted by atomic mass is 79.9. The van der Waals surface area contributed by atoms with E-state index in [1.165, 1.54) is 11.0 Å². The number of likely N-dealkylation sites (N-methyl/N-ethyl adjacent to an activating group) is 1. The van der Waals surface area contributed by atoms with Crippen LogP contribution in [0.3, 0.4) is 0 Å². The van der Waals surface area contributed by atoms with E-state index in [2.05, 4.69) is 15.9 Å². The van der Waals surface area contributed by atoms with Gasteiger partial charge >= 0.3 is 6.18 Å². The molecule has 5 heteroatoms. The predicted octanol–water partition coefficient (Wildman–Crippen LogP) is 2.66. The largest absolute Gasteiger partial charge is 0.417 e. The Balaban J connectivity index is 2.84. The zero-order valence-corrected chi connectivity index (χ0v) is 7.85. The Kier molecular flexibility index (Phi) is 2.51. The number of hydrogen-bond acceptors (Lipinski definition) is 1. The molecular formula is C7H7BrF3N. The Morgan fingerprint density at radius 1 is 1.50 bits per heavy atom. The number of nitrogens with zero attached hydrogens (tertiary/aromatic N) is 1. The molecule has 0 aromatic heterocycles. The second-order valence-electron chi connectivity index (χ2n) is 2.48. The molecule has 1 nitrogen and oxygen atoms in total. The molecule has 0 amide bonds. The molecule has 1 unspecified atom stereocenters. The molecular weight excluding hydrogens is 235 g/mol. The van der Waals surface area contributed by atoms with Crippen LogP contribution in [-0.4, -0.2) is 23.1 Å². The van der Waals surface area contributed by atoms with E-state index in [-0.39, 0.29) is 4.95 Å². The highest BCUT2D eigenvalue weighted by Gasteiger charge is 2.33. The lowest BCUT2D eigenvalue weighted by Gasteiger charge is -2.24. The minimum absolute atomic E-state index is 0.149. The molecule has 0 saturated heterocycles. The van der Waals surface area contributed by atoms with E-state index in [0.717, 1.165) is 12.3 Å². The Morgan fingerprint density at radius 3 is 2.50 bits per heavy atom. The highest BCUT2D eigenvalue weighted by molar-refractivity contribution is 9.09. The van der Waals surface area contributed by atoms with Crippen molar-refractivity contribution in [3.8, 4) is 0 Å². The summed E-state index contributed by atoms with van der Waals surface area (Å²) in [5.41, 5.74) is -0.624. The molecule has 1 rings (SSSR count). The van der Waals surface area contributed by atoms with E-state index in [1.54, 1.807) is 7.05 Å². The second-order valence-corrected chi connectivity index (χ2v) is 3.42. The first kappa shape index (κ1) is 9.64. The third-order valence-electron chi connectivity index (χ3n) is 1.49. The van der Waals surface area contributed by atoms with Crippen LogP contribution in [0.2, 0.25) is 0 Å². The van der Waals surface area contributed by atoms with Crippen molar-refractivity contribution in [3.63, 3.8) is 0 Å². The Bertz CT molecular complexity index is 231. The number of alkyl halides is 4. The molecule has 0 aromatic rings. The summed E-state index contributed by atoms with van der Waals surface area (Å²) >= 11 is 3.18. The Morgan fingerprint density at radius 2 is 2.08 bits per heavy atom. The van der Waals surface area contributed by atoms with Gasteiger partial charge in [0.15, 0.2) is 0 Å². The second kappa shape index (κ2) is 3.12. The summed E-state index contributed by atoms with van der Waals surface area (Å²) in [6.45, 7) is 0. The first-order valence-electron chi connectivity index (χ1n) is 3.24. The van der Waals surface area contributed by atoms with Crippen LogP contribution in [0.4, 0.5) is 13.2 Å². The van der Waals surface area contributed by atoms with Gasteiger partial charge in [0.2, 0.25) is 0 Å². The molecule has 1 atom stereocenters. The third kappa shape index (κ3) is 2.03. The van der Waals surface area contributed by atoms with Crippen molar-refractivity contribution < 1.29 is 13.2 Å². The molecule has 1 aliphatic heterocycles. The van der Waals surface area contributed by atoms with Gasteiger partial charge in [0.25, 0.3) is 0 Å². The third-order valence-corrected chi connectivity index (χ3v) is 2.44. The smallest absolute Gasteiger partial charge is 0.364 e. The minimum Gasteiger partial charge on any atom is -0.364 e. The monoisotopic (exact) mass is 241 g/mol. The average molecular weight is 242 g/mol. The van der Waals surface area contributed by atoms with Crippen LogP contribution in [0.15, 0.2) is 23.9 Å². The molecule has 0 bridgehead atoms. The van der Waals surface area contributed by atoms with Crippen LogP contribution in [0.25, 0.3) is 0 Å². The quantitative estimate of drug-likeness (QED) is 0.466. The lowest BCUT2D eigenvalue weighted by molar-refractivity contribution is -0.0895. The molecule has 0 spiro atoms. The molecule has 1 heterocycles.